The number of hydrogen-bond acceptors (Lipinski definition) is 4. The van der Waals surface area contributed by atoms with E-state index < -0.39 is 0 Å². The topological polar surface area (TPSA) is 59.2 Å². The molecule has 1 aliphatic heterocycles. The molecule has 0 bridgehead atoms. The Balaban J connectivity index is 1.55. The summed E-state index contributed by atoms with van der Waals surface area (Å²) in [6.45, 7) is 2.19. The van der Waals surface area contributed by atoms with Crippen molar-refractivity contribution < 1.29 is 13.7 Å². The third-order valence-corrected chi connectivity index (χ3v) is 4.33. The van der Waals surface area contributed by atoms with Gasteiger partial charge >= 0.3 is 0 Å². The van der Waals surface area contributed by atoms with E-state index in [2.05, 4.69) is 10.1 Å². The maximum Gasteiger partial charge on any atom is 0.232 e. The standard InChI is InChI=1S/C16H16FN3O2/c1-9-6-12(4-5-13(9)17)20-8-11(7-14(20)21)16-18-15(19-22-16)10-2-3-10/h4-6,10-11H,2-3,7-8H2,1H3. The molecule has 6 heteroatoms. The molecule has 5 nitrogen and oxygen atoms in total. The molecule has 0 N–H and O–H groups in total. The molecule has 4 rings (SSSR count). The minimum absolute atomic E-state index is 0.00202. The number of anilines is 1. The highest BCUT2D eigenvalue weighted by molar-refractivity contribution is 5.96. The van der Waals surface area contributed by atoms with Crippen molar-refractivity contribution in [2.24, 2.45) is 0 Å². The number of carbonyl (C=O) groups is 1. The van der Waals surface area contributed by atoms with Gasteiger partial charge in [-0.05, 0) is 43.5 Å². The molecule has 2 aromatic rings. The summed E-state index contributed by atoms with van der Waals surface area (Å²) in [6.07, 6.45) is 2.58. The first kappa shape index (κ1) is 13.4. The van der Waals surface area contributed by atoms with Gasteiger partial charge < -0.3 is 9.42 Å². The van der Waals surface area contributed by atoms with Crippen molar-refractivity contribution in [2.45, 2.75) is 38.0 Å². The van der Waals surface area contributed by atoms with Crippen LogP contribution in [0.4, 0.5) is 10.1 Å². The predicted octanol–water partition coefficient (Wildman–Crippen LogP) is 2.92. The average molecular weight is 301 g/mol. The van der Waals surface area contributed by atoms with Gasteiger partial charge in [-0.2, -0.15) is 4.98 Å². The van der Waals surface area contributed by atoms with Gasteiger partial charge in [0.2, 0.25) is 11.8 Å². The number of benzene rings is 1. The lowest BCUT2D eigenvalue weighted by Crippen LogP contribution is -2.24. The number of amides is 1. The molecule has 2 heterocycles. The van der Waals surface area contributed by atoms with E-state index in [4.69, 9.17) is 4.52 Å². The number of hydrogen-bond donors (Lipinski definition) is 0. The Morgan fingerprint density at radius 3 is 2.86 bits per heavy atom. The van der Waals surface area contributed by atoms with Gasteiger partial charge in [-0.1, -0.05) is 5.16 Å². The number of aromatic nitrogens is 2. The van der Waals surface area contributed by atoms with Gasteiger partial charge in [-0.15, -0.1) is 0 Å². The molecule has 1 unspecified atom stereocenters. The van der Waals surface area contributed by atoms with E-state index in [-0.39, 0.29) is 17.6 Å². The van der Waals surface area contributed by atoms with Crippen molar-refractivity contribution in [2.75, 3.05) is 11.4 Å². The van der Waals surface area contributed by atoms with E-state index in [0.717, 1.165) is 18.7 Å². The molecular weight excluding hydrogens is 285 g/mol. The van der Waals surface area contributed by atoms with Crippen LogP contribution < -0.4 is 4.90 Å². The van der Waals surface area contributed by atoms with E-state index >= 15 is 0 Å². The lowest BCUT2D eigenvalue weighted by molar-refractivity contribution is -0.117. The summed E-state index contributed by atoms with van der Waals surface area (Å²) in [5.41, 5.74) is 1.25. The van der Waals surface area contributed by atoms with Gasteiger partial charge in [0.1, 0.15) is 5.82 Å². The Kier molecular flexibility index (Phi) is 2.99. The average Bonchev–Trinajstić information content (AvgIpc) is 3.10. The molecule has 1 aromatic heterocycles. The molecule has 114 valence electrons. The molecule has 1 atom stereocenters. The first-order valence-corrected chi connectivity index (χ1v) is 7.52. The number of nitrogens with zero attached hydrogens (tertiary/aromatic N) is 3. The summed E-state index contributed by atoms with van der Waals surface area (Å²) >= 11 is 0. The molecule has 0 spiro atoms. The summed E-state index contributed by atoms with van der Waals surface area (Å²) in [5, 5.41) is 4.01. The minimum Gasteiger partial charge on any atom is -0.339 e. The van der Waals surface area contributed by atoms with E-state index in [1.807, 2.05) is 0 Å². The van der Waals surface area contributed by atoms with Crippen LogP contribution in [0.2, 0.25) is 0 Å². The Morgan fingerprint density at radius 1 is 1.32 bits per heavy atom. The zero-order chi connectivity index (χ0) is 15.3. The van der Waals surface area contributed by atoms with Crippen LogP contribution in [0, 0.1) is 12.7 Å². The fourth-order valence-electron chi connectivity index (χ4n) is 2.84. The van der Waals surface area contributed by atoms with E-state index in [9.17, 15) is 9.18 Å². The van der Waals surface area contributed by atoms with Crippen molar-refractivity contribution >= 4 is 11.6 Å². The summed E-state index contributed by atoms with van der Waals surface area (Å²) in [7, 11) is 0. The molecular formula is C16H16FN3O2. The van der Waals surface area contributed by atoms with Crippen LogP contribution in [-0.4, -0.2) is 22.6 Å². The Labute approximate surface area is 127 Å². The monoisotopic (exact) mass is 301 g/mol. The highest BCUT2D eigenvalue weighted by Crippen LogP contribution is 2.39. The van der Waals surface area contributed by atoms with Gasteiger partial charge in [0, 0.05) is 24.6 Å². The molecule has 1 aliphatic carbocycles. The minimum atomic E-state index is -0.266. The normalized spacial score (nSPS) is 21.6. The van der Waals surface area contributed by atoms with E-state index in [1.54, 1.807) is 24.0 Å². The lowest BCUT2D eigenvalue weighted by atomic mass is 10.1. The van der Waals surface area contributed by atoms with Crippen LogP contribution in [-0.2, 0) is 4.79 Å². The number of aryl methyl sites for hydroxylation is 1. The quantitative estimate of drug-likeness (QED) is 0.874. The number of rotatable bonds is 3. The second-order valence-electron chi connectivity index (χ2n) is 6.10. The zero-order valence-corrected chi connectivity index (χ0v) is 12.3. The second kappa shape index (κ2) is 4.90. The van der Waals surface area contributed by atoms with E-state index in [0.29, 0.717) is 36.0 Å². The molecule has 1 saturated carbocycles. The fraction of sp³-hybridized carbons (Fsp3) is 0.438. The van der Waals surface area contributed by atoms with Crippen LogP contribution in [0.25, 0.3) is 0 Å². The Morgan fingerprint density at radius 2 is 2.14 bits per heavy atom. The molecule has 22 heavy (non-hydrogen) atoms. The third-order valence-electron chi connectivity index (χ3n) is 4.33. The van der Waals surface area contributed by atoms with Crippen LogP contribution in [0.3, 0.4) is 0 Å². The molecule has 1 aromatic carbocycles. The fourth-order valence-corrected chi connectivity index (χ4v) is 2.84. The summed E-state index contributed by atoms with van der Waals surface area (Å²) in [6, 6.07) is 4.72. The largest absolute Gasteiger partial charge is 0.339 e. The summed E-state index contributed by atoms with van der Waals surface area (Å²) in [5.74, 6) is 1.39. The van der Waals surface area contributed by atoms with Crippen LogP contribution >= 0.6 is 0 Å². The molecule has 1 saturated heterocycles. The van der Waals surface area contributed by atoms with E-state index in [1.165, 1.54) is 6.07 Å². The van der Waals surface area contributed by atoms with Crippen LogP contribution in [0.1, 0.15) is 48.4 Å². The summed E-state index contributed by atoms with van der Waals surface area (Å²) in [4.78, 5) is 18.3. The lowest BCUT2D eigenvalue weighted by Gasteiger charge is -2.16. The Hall–Kier alpha value is -2.24. The highest BCUT2D eigenvalue weighted by Gasteiger charge is 2.37. The first-order chi connectivity index (χ1) is 10.6. The van der Waals surface area contributed by atoms with Crippen molar-refractivity contribution in [1.82, 2.24) is 10.1 Å². The maximum atomic E-state index is 13.4. The van der Waals surface area contributed by atoms with Crippen molar-refractivity contribution in [3.05, 3.63) is 41.3 Å². The predicted molar refractivity (Wildman–Crippen MR) is 77.1 cm³/mol. The molecule has 2 aliphatic rings. The van der Waals surface area contributed by atoms with Crippen LogP contribution in [0.15, 0.2) is 22.7 Å². The molecule has 1 amide bonds. The van der Waals surface area contributed by atoms with Gasteiger partial charge in [0.15, 0.2) is 5.82 Å². The number of halogens is 1. The molecule has 2 fully saturated rings. The smallest absolute Gasteiger partial charge is 0.232 e. The van der Waals surface area contributed by atoms with Gasteiger partial charge in [0.25, 0.3) is 0 Å². The zero-order valence-electron chi connectivity index (χ0n) is 12.3. The van der Waals surface area contributed by atoms with Gasteiger partial charge in [-0.25, -0.2) is 4.39 Å². The van der Waals surface area contributed by atoms with Gasteiger partial charge in [-0.3, -0.25) is 4.79 Å². The maximum absolute atomic E-state index is 13.4. The van der Waals surface area contributed by atoms with Crippen LogP contribution in [0.5, 0.6) is 0 Å². The SMILES string of the molecule is Cc1cc(N2CC(c3nc(C4CC4)no3)CC2=O)ccc1F. The van der Waals surface area contributed by atoms with Gasteiger partial charge in [0.05, 0.1) is 5.92 Å². The Bertz CT molecular complexity index is 739. The van der Waals surface area contributed by atoms with Crippen molar-refractivity contribution in [3.8, 4) is 0 Å². The summed E-state index contributed by atoms with van der Waals surface area (Å²) < 4.78 is 18.7. The number of carbonyl (C=O) groups excluding carboxylic acids is 1. The molecule has 0 radical (unpaired) electrons. The second-order valence-corrected chi connectivity index (χ2v) is 6.10. The van der Waals surface area contributed by atoms with Crippen molar-refractivity contribution in [3.63, 3.8) is 0 Å². The highest BCUT2D eigenvalue weighted by atomic mass is 19.1. The van der Waals surface area contributed by atoms with Crippen molar-refractivity contribution in [1.29, 1.82) is 0 Å². The third kappa shape index (κ3) is 2.28. The first-order valence-electron chi connectivity index (χ1n) is 7.52.